The van der Waals surface area contributed by atoms with Gasteiger partial charge in [-0.05, 0) is 104 Å². The third kappa shape index (κ3) is 2.88. The molecule has 5 aliphatic rings. The van der Waals surface area contributed by atoms with Crippen molar-refractivity contribution in [1.82, 2.24) is 0 Å². The second-order valence-electron chi connectivity index (χ2n) is 14.9. The van der Waals surface area contributed by atoms with Crippen molar-refractivity contribution in [3.63, 3.8) is 0 Å². The number of carboxylic acid groups (broad SMARTS) is 1. The lowest BCUT2D eigenvalue weighted by molar-refractivity contribution is -0.216. The number of aliphatic carboxylic acids is 1. The van der Waals surface area contributed by atoms with Crippen LogP contribution in [0, 0.1) is 50.2 Å². The van der Waals surface area contributed by atoms with Gasteiger partial charge in [0.05, 0.1) is 18.1 Å². The van der Waals surface area contributed by atoms with E-state index in [1.807, 2.05) is 0 Å². The number of rotatable bonds is 2. The minimum absolute atomic E-state index is 0.0204. The number of carbonyl (C=O) groups is 1. The van der Waals surface area contributed by atoms with Crippen LogP contribution in [-0.4, -0.2) is 34.0 Å². The van der Waals surface area contributed by atoms with Crippen molar-refractivity contribution in [3.05, 3.63) is 11.6 Å². The predicted molar refractivity (Wildman–Crippen MR) is 134 cm³/mol. The van der Waals surface area contributed by atoms with E-state index < -0.39 is 22.9 Å². The molecule has 5 rings (SSSR count). The Labute approximate surface area is 206 Å². The maximum Gasteiger partial charge on any atom is 0.310 e. The molecular formula is C30H48O4. The highest BCUT2D eigenvalue weighted by Gasteiger charge is 2.69. The molecule has 0 saturated heterocycles. The maximum absolute atomic E-state index is 12.8. The number of aliphatic hydroxyl groups is 2. The quantitative estimate of drug-likeness (QED) is 0.418. The molecule has 4 heteroatoms. The first kappa shape index (κ1) is 24.8. The van der Waals surface area contributed by atoms with Crippen LogP contribution in [0.25, 0.3) is 0 Å². The molecule has 0 aliphatic heterocycles. The van der Waals surface area contributed by atoms with E-state index in [1.165, 1.54) is 5.57 Å². The van der Waals surface area contributed by atoms with Crippen molar-refractivity contribution in [3.8, 4) is 0 Å². The summed E-state index contributed by atoms with van der Waals surface area (Å²) in [4.78, 5) is 12.8. The largest absolute Gasteiger partial charge is 0.481 e. The summed E-state index contributed by atoms with van der Waals surface area (Å²) in [6.45, 7) is 14.3. The van der Waals surface area contributed by atoms with Gasteiger partial charge in [0.2, 0.25) is 0 Å². The monoisotopic (exact) mass is 472 g/mol. The maximum atomic E-state index is 12.8. The van der Waals surface area contributed by atoms with E-state index in [9.17, 15) is 20.1 Å². The highest BCUT2D eigenvalue weighted by molar-refractivity contribution is 5.76. The number of carboxylic acids is 1. The van der Waals surface area contributed by atoms with Crippen LogP contribution in [0.1, 0.15) is 106 Å². The first-order chi connectivity index (χ1) is 15.7. The van der Waals surface area contributed by atoms with Gasteiger partial charge in [0, 0.05) is 5.41 Å². The van der Waals surface area contributed by atoms with Crippen molar-refractivity contribution in [2.45, 2.75) is 112 Å². The Bertz CT molecular complexity index is 907. The molecule has 0 radical (unpaired) electrons. The summed E-state index contributed by atoms with van der Waals surface area (Å²) in [5.74, 6) is 0.395. The SMILES string of the molecule is CC1(C)CC[C@]2(C(=O)O)CC[C@]3(C)C(=CC[C@H]4[C@@]5(C)CC[C@H](O)[C@@](C)(CO)[C@@H]5CC[C@]43C)[C@H]2C1. The van der Waals surface area contributed by atoms with Gasteiger partial charge in [-0.15, -0.1) is 0 Å². The predicted octanol–water partition coefficient (Wildman–Crippen LogP) is 6.21. The summed E-state index contributed by atoms with van der Waals surface area (Å²) in [6.07, 6.45) is 11.6. The molecule has 34 heavy (non-hydrogen) atoms. The molecular weight excluding hydrogens is 424 g/mol. The zero-order valence-electron chi connectivity index (χ0n) is 22.4. The smallest absolute Gasteiger partial charge is 0.310 e. The Kier molecular flexibility index (Phi) is 5.36. The van der Waals surface area contributed by atoms with Crippen LogP contribution in [-0.2, 0) is 4.79 Å². The number of fused-ring (bicyclic) bond motifs is 7. The second kappa shape index (κ2) is 7.34. The van der Waals surface area contributed by atoms with E-state index in [0.717, 1.165) is 64.2 Å². The van der Waals surface area contributed by atoms with Gasteiger partial charge in [-0.1, -0.05) is 53.2 Å². The molecule has 0 aromatic rings. The van der Waals surface area contributed by atoms with Gasteiger partial charge in [0.15, 0.2) is 0 Å². The fraction of sp³-hybridized carbons (Fsp3) is 0.900. The Morgan fingerprint density at radius 1 is 0.941 bits per heavy atom. The van der Waals surface area contributed by atoms with Crippen molar-refractivity contribution in [2.75, 3.05) is 6.61 Å². The van der Waals surface area contributed by atoms with E-state index in [2.05, 4.69) is 47.6 Å². The molecule has 0 spiro atoms. The zero-order valence-corrected chi connectivity index (χ0v) is 22.4. The van der Waals surface area contributed by atoms with Crippen molar-refractivity contribution < 1.29 is 20.1 Å². The summed E-state index contributed by atoms with van der Waals surface area (Å²) >= 11 is 0. The second-order valence-corrected chi connectivity index (χ2v) is 14.9. The van der Waals surface area contributed by atoms with Gasteiger partial charge in [-0.3, -0.25) is 4.79 Å². The molecule has 4 saturated carbocycles. The van der Waals surface area contributed by atoms with Crippen LogP contribution in [0.4, 0.5) is 0 Å². The average Bonchev–Trinajstić information content (AvgIpc) is 2.76. The van der Waals surface area contributed by atoms with Crippen molar-refractivity contribution >= 4 is 5.97 Å². The molecule has 0 amide bonds. The van der Waals surface area contributed by atoms with E-state index >= 15 is 0 Å². The topological polar surface area (TPSA) is 77.8 Å². The highest BCUT2D eigenvalue weighted by Crippen LogP contribution is 2.75. The summed E-state index contributed by atoms with van der Waals surface area (Å²) in [6, 6.07) is 0. The van der Waals surface area contributed by atoms with Crippen molar-refractivity contribution in [2.24, 2.45) is 50.2 Å². The molecule has 4 fully saturated rings. The van der Waals surface area contributed by atoms with Gasteiger partial charge in [-0.2, -0.15) is 0 Å². The number of allylic oxidation sites excluding steroid dienone is 2. The van der Waals surface area contributed by atoms with Gasteiger partial charge < -0.3 is 15.3 Å². The summed E-state index contributed by atoms with van der Waals surface area (Å²) in [5.41, 5.74) is 0.858. The molecule has 0 unspecified atom stereocenters. The van der Waals surface area contributed by atoms with Crippen LogP contribution in [0.5, 0.6) is 0 Å². The van der Waals surface area contributed by atoms with Crippen LogP contribution in [0.15, 0.2) is 11.6 Å². The number of aliphatic hydroxyl groups excluding tert-OH is 2. The lowest BCUT2D eigenvalue weighted by Crippen LogP contribution is -2.65. The molecule has 9 atom stereocenters. The number of hydrogen-bond donors (Lipinski definition) is 3. The molecule has 5 aliphatic carbocycles. The molecule has 3 N–H and O–H groups in total. The van der Waals surface area contributed by atoms with Crippen LogP contribution in [0.2, 0.25) is 0 Å². The third-order valence-corrected chi connectivity index (χ3v) is 13.2. The highest BCUT2D eigenvalue weighted by atomic mass is 16.4. The lowest BCUT2D eigenvalue weighted by Gasteiger charge is -2.71. The summed E-state index contributed by atoms with van der Waals surface area (Å²) in [5, 5.41) is 31.8. The normalized spacial score (nSPS) is 54.1. The molecule has 0 aromatic carbocycles. The Balaban J connectivity index is 1.60. The molecule has 0 heterocycles. The average molecular weight is 473 g/mol. The van der Waals surface area contributed by atoms with Crippen molar-refractivity contribution in [1.29, 1.82) is 0 Å². The van der Waals surface area contributed by atoms with Crippen LogP contribution < -0.4 is 0 Å². The van der Waals surface area contributed by atoms with E-state index in [-0.39, 0.29) is 34.2 Å². The molecule has 4 nitrogen and oxygen atoms in total. The van der Waals surface area contributed by atoms with E-state index in [1.54, 1.807) is 0 Å². The van der Waals surface area contributed by atoms with Gasteiger partial charge >= 0.3 is 5.97 Å². The summed E-state index contributed by atoms with van der Waals surface area (Å²) in [7, 11) is 0. The number of hydrogen-bond acceptors (Lipinski definition) is 3. The first-order valence-electron chi connectivity index (χ1n) is 13.9. The Morgan fingerprint density at radius 2 is 1.62 bits per heavy atom. The molecule has 0 aromatic heterocycles. The van der Waals surface area contributed by atoms with E-state index in [4.69, 9.17) is 0 Å². The van der Waals surface area contributed by atoms with Gasteiger partial charge in [0.25, 0.3) is 0 Å². The molecule has 0 bridgehead atoms. The first-order valence-corrected chi connectivity index (χ1v) is 13.9. The van der Waals surface area contributed by atoms with Crippen LogP contribution >= 0.6 is 0 Å². The minimum Gasteiger partial charge on any atom is -0.481 e. The van der Waals surface area contributed by atoms with Crippen LogP contribution in [0.3, 0.4) is 0 Å². The van der Waals surface area contributed by atoms with E-state index in [0.29, 0.717) is 11.8 Å². The minimum atomic E-state index is -0.588. The standard InChI is InChI=1S/C30H48O4/c1-25(2)13-15-30(24(33)34)16-14-28(5)19(20(30)17-25)7-8-22-26(3)11-10-23(32)27(4,18-31)21(26)9-12-29(22,28)6/h7,20-23,31-32H,8-18H2,1-6H3,(H,33,34)/t20-,21-,22+,23+,26+,27+,28-,29-,30+/m1/s1. The third-order valence-electron chi connectivity index (χ3n) is 13.2. The fourth-order valence-corrected chi connectivity index (χ4v) is 10.7. The Morgan fingerprint density at radius 3 is 2.26 bits per heavy atom. The van der Waals surface area contributed by atoms with Gasteiger partial charge in [-0.25, -0.2) is 0 Å². The van der Waals surface area contributed by atoms with Gasteiger partial charge in [0.1, 0.15) is 0 Å². The molecule has 192 valence electrons. The zero-order chi connectivity index (χ0) is 24.9. The summed E-state index contributed by atoms with van der Waals surface area (Å²) < 4.78 is 0. The Hall–Kier alpha value is -0.870. The lowest BCUT2D eigenvalue weighted by atomic mass is 9.33. The fourth-order valence-electron chi connectivity index (χ4n) is 10.7.